The molecule has 0 unspecified atom stereocenters. The van der Waals surface area contributed by atoms with Gasteiger partial charge in [0.15, 0.2) is 0 Å². The largest absolute Gasteiger partial charge is 0.397 e. The summed E-state index contributed by atoms with van der Waals surface area (Å²) in [7, 11) is 0. The van der Waals surface area contributed by atoms with Gasteiger partial charge in [-0.15, -0.1) is 0 Å². The Morgan fingerprint density at radius 1 is 1.45 bits per heavy atom. The number of pyridine rings is 1. The lowest BCUT2D eigenvalue weighted by atomic mass is 10.2. The molecule has 0 aliphatic carbocycles. The minimum atomic E-state index is -0.408. The second-order valence-electron chi connectivity index (χ2n) is 4.12. The SMILES string of the molecule is CCN(C(=O)c1cc(Cl)ncc1N)c1cccc(F)c1. The number of carbonyl (C=O) groups excluding carboxylic acids is 1. The van der Waals surface area contributed by atoms with Gasteiger partial charge in [-0.1, -0.05) is 17.7 Å². The smallest absolute Gasteiger partial charge is 0.260 e. The van der Waals surface area contributed by atoms with Crippen molar-refractivity contribution in [2.45, 2.75) is 6.92 Å². The summed E-state index contributed by atoms with van der Waals surface area (Å²) in [5.41, 5.74) is 6.69. The molecular formula is C14H13ClFN3O. The van der Waals surface area contributed by atoms with Crippen LogP contribution >= 0.6 is 11.6 Å². The van der Waals surface area contributed by atoms with Gasteiger partial charge in [-0.3, -0.25) is 4.79 Å². The minimum absolute atomic E-state index is 0.179. The van der Waals surface area contributed by atoms with Crippen LogP contribution in [0.25, 0.3) is 0 Å². The van der Waals surface area contributed by atoms with E-state index in [0.717, 1.165) is 0 Å². The molecule has 0 atom stereocenters. The molecule has 0 spiro atoms. The Kier molecular flexibility index (Phi) is 4.20. The summed E-state index contributed by atoms with van der Waals surface area (Å²) in [4.78, 5) is 17.7. The monoisotopic (exact) mass is 293 g/mol. The molecule has 1 aromatic heterocycles. The molecule has 0 aliphatic heterocycles. The number of nitrogens with two attached hydrogens (primary N) is 1. The van der Waals surface area contributed by atoms with Gasteiger partial charge in [0.25, 0.3) is 5.91 Å². The summed E-state index contributed by atoms with van der Waals surface area (Å²) in [6, 6.07) is 7.22. The number of hydrogen-bond acceptors (Lipinski definition) is 3. The standard InChI is InChI=1S/C14H13ClFN3O/c1-2-19(10-5-3-4-9(16)6-10)14(20)11-7-13(15)18-8-12(11)17/h3-8H,2,17H2,1H3. The summed E-state index contributed by atoms with van der Waals surface area (Å²) >= 11 is 5.78. The van der Waals surface area contributed by atoms with Gasteiger partial charge in [0, 0.05) is 12.2 Å². The molecule has 2 aromatic rings. The first-order valence-electron chi connectivity index (χ1n) is 6.01. The summed E-state index contributed by atoms with van der Waals surface area (Å²) in [5, 5.41) is 0.179. The summed E-state index contributed by atoms with van der Waals surface area (Å²) in [6.45, 7) is 2.17. The summed E-state index contributed by atoms with van der Waals surface area (Å²) in [5.74, 6) is -0.755. The lowest BCUT2D eigenvalue weighted by molar-refractivity contribution is 0.0989. The van der Waals surface area contributed by atoms with Crippen molar-refractivity contribution in [3.8, 4) is 0 Å². The second-order valence-corrected chi connectivity index (χ2v) is 4.51. The highest BCUT2D eigenvalue weighted by molar-refractivity contribution is 6.30. The van der Waals surface area contributed by atoms with E-state index >= 15 is 0 Å². The van der Waals surface area contributed by atoms with Crippen molar-refractivity contribution in [1.29, 1.82) is 0 Å². The van der Waals surface area contributed by atoms with Gasteiger partial charge in [0.1, 0.15) is 11.0 Å². The number of nitrogen functional groups attached to an aromatic ring is 1. The van der Waals surface area contributed by atoms with Crippen LogP contribution in [0.3, 0.4) is 0 Å². The maximum absolute atomic E-state index is 13.3. The molecule has 0 aliphatic rings. The van der Waals surface area contributed by atoms with E-state index in [1.165, 1.54) is 29.3 Å². The van der Waals surface area contributed by atoms with Crippen molar-refractivity contribution >= 4 is 28.9 Å². The highest BCUT2D eigenvalue weighted by Crippen LogP contribution is 2.22. The normalized spacial score (nSPS) is 10.3. The molecule has 4 nitrogen and oxygen atoms in total. The Bertz CT molecular complexity index is 648. The van der Waals surface area contributed by atoms with Crippen LogP contribution in [-0.2, 0) is 0 Å². The average Bonchev–Trinajstić information content (AvgIpc) is 2.42. The third kappa shape index (κ3) is 2.88. The second kappa shape index (κ2) is 5.88. The minimum Gasteiger partial charge on any atom is -0.397 e. The first-order chi connectivity index (χ1) is 9.52. The Morgan fingerprint density at radius 2 is 2.20 bits per heavy atom. The van der Waals surface area contributed by atoms with Gasteiger partial charge < -0.3 is 10.6 Å². The first-order valence-corrected chi connectivity index (χ1v) is 6.39. The molecule has 1 amide bonds. The fourth-order valence-electron chi connectivity index (χ4n) is 1.86. The van der Waals surface area contributed by atoms with Crippen molar-refractivity contribution in [2.75, 3.05) is 17.2 Å². The fraction of sp³-hybridized carbons (Fsp3) is 0.143. The summed E-state index contributed by atoms with van der Waals surface area (Å²) in [6.07, 6.45) is 1.33. The van der Waals surface area contributed by atoms with E-state index in [1.807, 2.05) is 0 Å². The predicted octanol–water partition coefficient (Wildman–Crippen LogP) is 3.12. The molecule has 2 N–H and O–H groups in total. The molecule has 20 heavy (non-hydrogen) atoms. The predicted molar refractivity (Wildman–Crippen MR) is 77.4 cm³/mol. The number of hydrogen-bond donors (Lipinski definition) is 1. The maximum Gasteiger partial charge on any atom is 0.260 e. The topological polar surface area (TPSA) is 59.2 Å². The maximum atomic E-state index is 13.3. The Balaban J connectivity index is 2.41. The van der Waals surface area contributed by atoms with Crippen molar-refractivity contribution in [1.82, 2.24) is 4.98 Å². The number of nitrogens with zero attached hydrogens (tertiary/aromatic N) is 2. The Hall–Kier alpha value is -2.14. The van der Waals surface area contributed by atoms with Gasteiger partial charge in [0.2, 0.25) is 0 Å². The van der Waals surface area contributed by atoms with Crippen LogP contribution in [0, 0.1) is 5.82 Å². The fourth-order valence-corrected chi connectivity index (χ4v) is 2.02. The number of amides is 1. The van der Waals surface area contributed by atoms with Crippen LogP contribution in [0.2, 0.25) is 5.15 Å². The number of aromatic nitrogens is 1. The average molecular weight is 294 g/mol. The Labute approximate surface area is 121 Å². The van der Waals surface area contributed by atoms with E-state index in [4.69, 9.17) is 17.3 Å². The van der Waals surface area contributed by atoms with Crippen molar-refractivity contribution < 1.29 is 9.18 Å². The van der Waals surface area contributed by atoms with Crippen molar-refractivity contribution in [2.24, 2.45) is 0 Å². The van der Waals surface area contributed by atoms with Crippen LogP contribution in [-0.4, -0.2) is 17.4 Å². The lowest BCUT2D eigenvalue weighted by Gasteiger charge is -2.21. The highest BCUT2D eigenvalue weighted by atomic mass is 35.5. The third-order valence-electron chi connectivity index (χ3n) is 2.81. The molecule has 104 valence electrons. The van der Waals surface area contributed by atoms with E-state index in [2.05, 4.69) is 4.98 Å². The first kappa shape index (κ1) is 14.3. The third-order valence-corrected chi connectivity index (χ3v) is 3.02. The van der Waals surface area contributed by atoms with Crippen LogP contribution in [0.5, 0.6) is 0 Å². The zero-order valence-corrected chi connectivity index (χ0v) is 11.6. The van der Waals surface area contributed by atoms with Crippen molar-refractivity contribution in [3.05, 3.63) is 53.1 Å². The molecule has 6 heteroatoms. The van der Waals surface area contributed by atoms with Crippen LogP contribution in [0.1, 0.15) is 17.3 Å². The van der Waals surface area contributed by atoms with E-state index in [-0.39, 0.29) is 22.3 Å². The van der Waals surface area contributed by atoms with Gasteiger partial charge in [-0.05, 0) is 31.2 Å². The quantitative estimate of drug-likeness (QED) is 0.885. The lowest BCUT2D eigenvalue weighted by Crippen LogP contribution is -2.31. The van der Waals surface area contributed by atoms with E-state index < -0.39 is 5.82 Å². The highest BCUT2D eigenvalue weighted by Gasteiger charge is 2.19. The van der Waals surface area contributed by atoms with Gasteiger partial charge >= 0.3 is 0 Å². The zero-order chi connectivity index (χ0) is 14.7. The van der Waals surface area contributed by atoms with Crippen LogP contribution in [0.15, 0.2) is 36.5 Å². The van der Waals surface area contributed by atoms with E-state index in [1.54, 1.807) is 19.1 Å². The molecule has 0 bridgehead atoms. The number of benzene rings is 1. The van der Waals surface area contributed by atoms with E-state index in [9.17, 15) is 9.18 Å². The molecule has 0 radical (unpaired) electrons. The van der Waals surface area contributed by atoms with Crippen LogP contribution in [0.4, 0.5) is 15.8 Å². The molecular weight excluding hydrogens is 281 g/mol. The van der Waals surface area contributed by atoms with Gasteiger partial charge in [0.05, 0.1) is 17.4 Å². The number of halogens is 2. The Morgan fingerprint density at radius 3 is 2.85 bits per heavy atom. The molecule has 2 rings (SSSR count). The molecule has 1 heterocycles. The van der Waals surface area contributed by atoms with Gasteiger partial charge in [-0.25, -0.2) is 9.37 Å². The summed E-state index contributed by atoms with van der Waals surface area (Å²) < 4.78 is 13.3. The molecule has 1 aromatic carbocycles. The number of anilines is 2. The van der Waals surface area contributed by atoms with Crippen molar-refractivity contribution in [3.63, 3.8) is 0 Å². The zero-order valence-electron chi connectivity index (χ0n) is 10.8. The molecule has 0 saturated carbocycles. The molecule has 0 fully saturated rings. The number of carbonyl (C=O) groups is 1. The van der Waals surface area contributed by atoms with Crippen LogP contribution < -0.4 is 10.6 Å². The number of rotatable bonds is 3. The van der Waals surface area contributed by atoms with E-state index in [0.29, 0.717) is 12.2 Å². The van der Waals surface area contributed by atoms with Gasteiger partial charge in [-0.2, -0.15) is 0 Å². The molecule has 0 saturated heterocycles.